The van der Waals surface area contributed by atoms with Crippen LogP contribution in [0.5, 0.6) is 0 Å². The highest BCUT2D eigenvalue weighted by Gasteiger charge is 2.40. The second-order valence-corrected chi connectivity index (χ2v) is 10.5. The molecule has 0 saturated carbocycles. The first-order chi connectivity index (χ1) is 15.0. The molecule has 2 amide bonds. The van der Waals surface area contributed by atoms with Gasteiger partial charge in [-0.05, 0) is 36.3 Å². The van der Waals surface area contributed by atoms with Crippen molar-refractivity contribution in [3.05, 3.63) is 28.0 Å². The van der Waals surface area contributed by atoms with Crippen LogP contribution in [0.15, 0.2) is 22.5 Å². The van der Waals surface area contributed by atoms with E-state index in [1.165, 1.54) is 11.3 Å². The molecule has 3 rings (SSSR count). The lowest BCUT2D eigenvalue weighted by Crippen LogP contribution is -2.59. The van der Waals surface area contributed by atoms with Gasteiger partial charge in [0.25, 0.3) is 11.8 Å². The van der Waals surface area contributed by atoms with Gasteiger partial charge in [-0.15, -0.1) is 11.3 Å². The molecule has 0 bridgehead atoms. The van der Waals surface area contributed by atoms with Crippen molar-refractivity contribution in [2.24, 2.45) is 10.4 Å². The Balaban J connectivity index is 0.000000520. The van der Waals surface area contributed by atoms with Crippen LogP contribution in [0.4, 0.5) is 5.69 Å². The van der Waals surface area contributed by atoms with Crippen molar-refractivity contribution in [1.82, 2.24) is 5.32 Å². The van der Waals surface area contributed by atoms with Gasteiger partial charge in [0.2, 0.25) is 0 Å². The molecule has 2 aliphatic heterocycles. The Morgan fingerprint density at radius 3 is 2.28 bits per heavy atom. The van der Waals surface area contributed by atoms with Crippen molar-refractivity contribution in [2.45, 2.75) is 47.5 Å². The van der Waals surface area contributed by atoms with Crippen LogP contribution in [-0.2, 0) is 9.59 Å². The van der Waals surface area contributed by atoms with Crippen molar-refractivity contribution < 1.29 is 18.9 Å². The molecule has 0 atom stereocenters. The number of carbonyl (C=O) groups is 3. The summed E-state index contributed by atoms with van der Waals surface area (Å²) in [7, 11) is 1.57. The predicted molar refractivity (Wildman–Crippen MR) is 132 cm³/mol. The number of ketones is 1. The molecule has 2 N–H and O–H groups in total. The van der Waals surface area contributed by atoms with Crippen LogP contribution in [0.25, 0.3) is 0 Å². The van der Waals surface area contributed by atoms with Gasteiger partial charge in [0.05, 0.1) is 25.3 Å². The summed E-state index contributed by atoms with van der Waals surface area (Å²) >= 11 is 1.32. The summed E-state index contributed by atoms with van der Waals surface area (Å²) in [6, 6.07) is 0. The molecule has 1 fully saturated rings. The topological polar surface area (TPSA) is 87.6 Å². The first-order valence-electron chi connectivity index (χ1n) is 11.1. The third-order valence-corrected chi connectivity index (χ3v) is 7.14. The number of thiophene rings is 1. The number of nitrogens with one attached hydrogen (secondary N) is 2. The van der Waals surface area contributed by atoms with Crippen LogP contribution in [0.3, 0.4) is 0 Å². The van der Waals surface area contributed by atoms with Crippen LogP contribution in [-0.4, -0.2) is 67.6 Å². The van der Waals surface area contributed by atoms with Gasteiger partial charge in [-0.1, -0.05) is 19.9 Å². The van der Waals surface area contributed by atoms with Crippen molar-refractivity contribution in [1.29, 1.82) is 0 Å². The number of aliphatic imine (C=N–C) groups is 1. The molecule has 1 saturated heterocycles. The number of Topliss-reactive ketones (excluding diaryl/α,β-unsaturated/α-hetero) is 1. The number of piperidine rings is 1. The number of quaternary nitrogens is 1. The number of aryl methyl sites for hydroxylation is 1. The number of amides is 2. The van der Waals surface area contributed by atoms with Crippen molar-refractivity contribution in [2.75, 3.05) is 45.1 Å². The highest BCUT2D eigenvalue weighted by molar-refractivity contribution is 7.13. The predicted octanol–water partition coefficient (Wildman–Crippen LogP) is 3.60. The molecule has 1 aromatic rings. The average molecular weight is 462 g/mol. The van der Waals surface area contributed by atoms with Crippen molar-refractivity contribution in [3.8, 4) is 0 Å². The standard InChI is InChI=1S/C19H29N3O3S.C5H7N/c1-13-12-26-17(18(25)20-5)16(13)21-15(24)11-22(10-14(2)23)8-6-19(3,4)7-9-22;1-5-3-2-4-6-5/h12H,6-11H2,1-5H3,(H-,20,21,24,25);2-3H,4H2,1H3/p+1. The molecule has 0 spiro atoms. The van der Waals surface area contributed by atoms with Crippen LogP contribution < -0.4 is 10.6 Å². The van der Waals surface area contributed by atoms with Gasteiger partial charge in [0.15, 0.2) is 12.3 Å². The third-order valence-electron chi connectivity index (χ3n) is 6.04. The second-order valence-electron chi connectivity index (χ2n) is 9.61. The lowest BCUT2D eigenvalue weighted by Gasteiger charge is -2.45. The van der Waals surface area contributed by atoms with E-state index in [4.69, 9.17) is 0 Å². The zero-order chi connectivity index (χ0) is 23.9. The molecular formula is C24H37N4O3S+. The summed E-state index contributed by atoms with van der Waals surface area (Å²) in [5.41, 5.74) is 2.86. The fourth-order valence-corrected chi connectivity index (χ4v) is 4.95. The van der Waals surface area contributed by atoms with Crippen LogP contribution >= 0.6 is 11.3 Å². The summed E-state index contributed by atoms with van der Waals surface area (Å²) in [6.07, 6.45) is 6.07. The van der Waals surface area contributed by atoms with Gasteiger partial charge < -0.3 is 15.1 Å². The normalized spacial score (nSPS) is 18.2. The summed E-state index contributed by atoms with van der Waals surface area (Å²) in [5.74, 6) is -0.237. The van der Waals surface area contributed by atoms with E-state index < -0.39 is 0 Å². The zero-order valence-electron chi connectivity index (χ0n) is 20.2. The first-order valence-corrected chi connectivity index (χ1v) is 12.0. The summed E-state index contributed by atoms with van der Waals surface area (Å²) < 4.78 is 0.503. The number of anilines is 1. The smallest absolute Gasteiger partial charge is 0.279 e. The fraction of sp³-hybridized carbons (Fsp3) is 0.583. The summed E-state index contributed by atoms with van der Waals surface area (Å²) in [5, 5.41) is 7.39. The third kappa shape index (κ3) is 7.38. The van der Waals surface area contributed by atoms with Gasteiger partial charge in [0, 0.05) is 32.5 Å². The van der Waals surface area contributed by atoms with E-state index >= 15 is 0 Å². The Bertz CT molecular complexity index is 902. The monoisotopic (exact) mass is 461 g/mol. The molecule has 0 aromatic carbocycles. The maximum atomic E-state index is 12.8. The number of rotatable bonds is 6. The Morgan fingerprint density at radius 2 is 1.81 bits per heavy atom. The second kappa shape index (κ2) is 11.0. The van der Waals surface area contributed by atoms with Gasteiger partial charge in [0.1, 0.15) is 11.4 Å². The molecule has 0 unspecified atom stereocenters. The SMILES string of the molecule is CC1=NCC=C1.CNC(=O)c1scc(C)c1NC(=O)C[N+]1(CC(C)=O)CCC(C)(C)CC1. The molecule has 8 heteroatoms. The summed E-state index contributed by atoms with van der Waals surface area (Å²) in [6.45, 7) is 13.1. The van der Waals surface area contributed by atoms with Crippen molar-refractivity contribution in [3.63, 3.8) is 0 Å². The highest BCUT2D eigenvalue weighted by atomic mass is 32.1. The van der Waals surface area contributed by atoms with E-state index in [1.807, 2.05) is 25.3 Å². The molecule has 3 heterocycles. The van der Waals surface area contributed by atoms with Crippen LogP contribution in [0.1, 0.15) is 55.8 Å². The first kappa shape index (κ1) is 25.9. The quantitative estimate of drug-likeness (QED) is 0.635. The lowest BCUT2D eigenvalue weighted by atomic mass is 9.81. The van der Waals surface area contributed by atoms with Gasteiger partial charge >= 0.3 is 0 Å². The molecule has 176 valence electrons. The molecule has 2 aliphatic rings. The lowest BCUT2D eigenvalue weighted by molar-refractivity contribution is -0.919. The largest absolute Gasteiger partial charge is 0.354 e. The Morgan fingerprint density at radius 1 is 1.16 bits per heavy atom. The Labute approximate surface area is 195 Å². The molecule has 0 radical (unpaired) electrons. The Hall–Kier alpha value is -2.32. The number of nitrogens with zero attached hydrogens (tertiary/aromatic N) is 2. The minimum absolute atomic E-state index is 0.107. The summed E-state index contributed by atoms with van der Waals surface area (Å²) in [4.78, 5) is 41.1. The number of allylic oxidation sites excluding steroid dienone is 1. The molecule has 0 aliphatic carbocycles. The van der Waals surface area contributed by atoms with E-state index in [9.17, 15) is 14.4 Å². The maximum Gasteiger partial charge on any atom is 0.279 e. The van der Waals surface area contributed by atoms with E-state index in [0.29, 0.717) is 21.6 Å². The number of hydrogen-bond acceptors (Lipinski definition) is 5. The van der Waals surface area contributed by atoms with E-state index in [-0.39, 0.29) is 29.6 Å². The molecular weight excluding hydrogens is 424 g/mol. The zero-order valence-corrected chi connectivity index (χ0v) is 21.0. The van der Waals surface area contributed by atoms with Crippen LogP contribution in [0.2, 0.25) is 0 Å². The van der Waals surface area contributed by atoms with Gasteiger partial charge in [-0.3, -0.25) is 19.4 Å². The van der Waals surface area contributed by atoms with Crippen LogP contribution in [0, 0.1) is 12.3 Å². The molecule has 32 heavy (non-hydrogen) atoms. The van der Waals surface area contributed by atoms with E-state index in [2.05, 4.69) is 35.5 Å². The Kier molecular flexibility index (Phi) is 8.92. The highest BCUT2D eigenvalue weighted by Crippen LogP contribution is 2.34. The van der Waals surface area contributed by atoms with E-state index in [0.717, 1.165) is 43.8 Å². The van der Waals surface area contributed by atoms with Crippen molar-refractivity contribution >= 4 is 40.3 Å². The average Bonchev–Trinajstić information content (AvgIpc) is 3.33. The van der Waals surface area contributed by atoms with Gasteiger partial charge in [-0.2, -0.15) is 0 Å². The fourth-order valence-electron chi connectivity index (χ4n) is 4.00. The number of likely N-dealkylation sites (tertiary alicyclic amines) is 1. The van der Waals surface area contributed by atoms with E-state index in [1.54, 1.807) is 14.0 Å². The number of carbonyl (C=O) groups excluding carboxylic acids is 3. The molecule has 1 aromatic heterocycles. The maximum absolute atomic E-state index is 12.8. The minimum atomic E-state index is -0.203. The molecule has 7 nitrogen and oxygen atoms in total. The van der Waals surface area contributed by atoms with Gasteiger partial charge in [-0.25, -0.2) is 0 Å². The minimum Gasteiger partial charge on any atom is -0.354 e. The number of hydrogen-bond donors (Lipinski definition) is 2.